The number of nitrogens with one attached hydrogen (secondary N) is 1. The summed E-state index contributed by atoms with van der Waals surface area (Å²) in [5.74, 6) is 1.62. The molecule has 0 saturated carbocycles. The number of aliphatic imine (C=N–C) groups is 1. The normalized spacial score (nSPS) is 19.6. The molecule has 1 aromatic heterocycles. The van der Waals surface area contributed by atoms with Crippen LogP contribution < -0.4 is 5.32 Å². The number of nitrogens with zero attached hydrogens (tertiary/aromatic N) is 5. The van der Waals surface area contributed by atoms with Crippen LogP contribution in [-0.4, -0.2) is 58.5 Å². The first-order valence-electron chi connectivity index (χ1n) is 10.9. The molecule has 2 aromatic rings. The SMILES string of the molecule is CCN(CC)Cc1cccc(CNC(=NC)N2CCC(C)C(n3ccnc3)C2)c1.I. The van der Waals surface area contributed by atoms with E-state index in [4.69, 9.17) is 0 Å². The maximum atomic E-state index is 4.56. The lowest BCUT2D eigenvalue weighted by molar-refractivity contribution is 0.189. The quantitative estimate of drug-likeness (QED) is 0.338. The lowest BCUT2D eigenvalue weighted by Gasteiger charge is -2.39. The van der Waals surface area contributed by atoms with Crippen molar-refractivity contribution >= 4 is 29.9 Å². The van der Waals surface area contributed by atoms with Gasteiger partial charge >= 0.3 is 0 Å². The monoisotopic (exact) mass is 524 g/mol. The maximum Gasteiger partial charge on any atom is 0.193 e. The van der Waals surface area contributed by atoms with Gasteiger partial charge in [-0.3, -0.25) is 9.89 Å². The minimum Gasteiger partial charge on any atom is -0.352 e. The van der Waals surface area contributed by atoms with E-state index < -0.39 is 0 Å². The van der Waals surface area contributed by atoms with E-state index >= 15 is 0 Å². The number of guanidine groups is 1. The second kappa shape index (κ2) is 12.3. The van der Waals surface area contributed by atoms with Crippen LogP contribution in [0.15, 0.2) is 48.0 Å². The fraction of sp³-hybridized carbons (Fsp3) is 0.565. The Morgan fingerprint density at radius 3 is 2.70 bits per heavy atom. The van der Waals surface area contributed by atoms with Gasteiger partial charge in [0.05, 0.1) is 12.4 Å². The zero-order chi connectivity index (χ0) is 20.6. The Bertz CT molecular complexity index is 772. The third-order valence-electron chi connectivity index (χ3n) is 6.08. The second-order valence-corrected chi connectivity index (χ2v) is 7.97. The number of imidazole rings is 1. The Kier molecular flexibility index (Phi) is 10.1. The van der Waals surface area contributed by atoms with Crippen LogP contribution >= 0.6 is 24.0 Å². The molecule has 6 nitrogen and oxygen atoms in total. The highest BCUT2D eigenvalue weighted by Gasteiger charge is 2.28. The Morgan fingerprint density at radius 1 is 1.27 bits per heavy atom. The van der Waals surface area contributed by atoms with Gasteiger partial charge in [-0.15, -0.1) is 24.0 Å². The van der Waals surface area contributed by atoms with Crippen molar-refractivity contribution < 1.29 is 0 Å². The third-order valence-corrected chi connectivity index (χ3v) is 6.08. The summed E-state index contributed by atoms with van der Waals surface area (Å²) >= 11 is 0. The second-order valence-electron chi connectivity index (χ2n) is 7.97. The van der Waals surface area contributed by atoms with Gasteiger partial charge in [0.1, 0.15) is 0 Å². The van der Waals surface area contributed by atoms with Crippen LogP contribution in [0, 0.1) is 5.92 Å². The fourth-order valence-electron chi connectivity index (χ4n) is 4.15. The molecule has 30 heavy (non-hydrogen) atoms. The largest absolute Gasteiger partial charge is 0.352 e. The number of benzene rings is 1. The number of aromatic nitrogens is 2. The summed E-state index contributed by atoms with van der Waals surface area (Å²) in [4.78, 5) is 13.6. The molecule has 0 radical (unpaired) electrons. The van der Waals surface area contributed by atoms with Crippen LogP contribution in [-0.2, 0) is 13.1 Å². The van der Waals surface area contributed by atoms with Crippen LogP contribution in [0.3, 0.4) is 0 Å². The maximum absolute atomic E-state index is 4.56. The van der Waals surface area contributed by atoms with Crippen LogP contribution in [0.2, 0.25) is 0 Å². The van der Waals surface area contributed by atoms with Crippen LogP contribution in [0.25, 0.3) is 0 Å². The number of halogens is 1. The smallest absolute Gasteiger partial charge is 0.193 e. The Balaban J connectivity index is 0.00000320. The van der Waals surface area contributed by atoms with Gasteiger partial charge in [-0.1, -0.05) is 45.0 Å². The van der Waals surface area contributed by atoms with E-state index in [0.29, 0.717) is 12.0 Å². The van der Waals surface area contributed by atoms with Crippen molar-refractivity contribution in [2.75, 3.05) is 33.2 Å². The molecular weight excluding hydrogens is 487 g/mol. The minimum absolute atomic E-state index is 0. The van der Waals surface area contributed by atoms with Crippen LogP contribution in [0.4, 0.5) is 0 Å². The van der Waals surface area contributed by atoms with Gasteiger partial charge in [-0.2, -0.15) is 0 Å². The van der Waals surface area contributed by atoms with E-state index in [2.05, 4.69) is 80.9 Å². The fourth-order valence-corrected chi connectivity index (χ4v) is 4.15. The first kappa shape index (κ1) is 24.7. The number of hydrogen-bond donors (Lipinski definition) is 1. The molecule has 0 spiro atoms. The molecule has 7 heteroatoms. The summed E-state index contributed by atoms with van der Waals surface area (Å²) in [5.41, 5.74) is 2.67. The highest BCUT2D eigenvalue weighted by Crippen LogP contribution is 2.27. The molecule has 2 unspecified atom stereocenters. The van der Waals surface area contributed by atoms with Gasteiger partial charge in [0, 0.05) is 45.6 Å². The lowest BCUT2D eigenvalue weighted by atomic mass is 9.93. The van der Waals surface area contributed by atoms with Crippen molar-refractivity contribution in [1.29, 1.82) is 0 Å². The predicted octanol–water partition coefficient (Wildman–Crippen LogP) is 4.00. The van der Waals surface area contributed by atoms with Gasteiger partial charge in [0.15, 0.2) is 5.96 Å². The lowest BCUT2D eigenvalue weighted by Crippen LogP contribution is -2.48. The van der Waals surface area contributed by atoms with E-state index in [9.17, 15) is 0 Å². The highest BCUT2D eigenvalue weighted by molar-refractivity contribution is 14.0. The molecule has 0 amide bonds. The van der Waals surface area contributed by atoms with Gasteiger partial charge in [0.25, 0.3) is 0 Å². The summed E-state index contributed by atoms with van der Waals surface area (Å²) in [6.07, 6.45) is 7.03. The molecule has 166 valence electrons. The van der Waals surface area contributed by atoms with E-state index in [1.54, 1.807) is 0 Å². The predicted molar refractivity (Wildman–Crippen MR) is 135 cm³/mol. The van der Waals surface area contributed by atoms with E-state index in [1.165, 1.54) is 11.1 Å². The average molecular weight is 524 g/mol. The summed E-state index contributed by atoms with van der Waals surface area (Å²) in [5, 5.41) is 3.58. The molecule has 0 aliphatic carbocycles. The average Bonchev–Trinajstić information content (AvgIpc) is 3.28. The molecule has 1 N–H and O–H groups in total. The van der Waals surface area contributed by atoms with E-state index in [1.807, 2.05) is 19.6 Å². The minimum atomic E-state index is 0. The van der Waals surface area contributed by atoms with Gasteiger partial charge < -0.3 is 14.8 Å². The molecule has 0 bridgehead atoms. The molecular formula is C23H37IN6. The summed E-state index contributed by atoms with van der Waals surface area (Å²) in [6.45, 7) is 12.7. The van der Waals surface area contributed by atoms with Crippen molar-refractivity contribution in [1.82, 2.24) is 24.7 Å². The molecule has 3 rings (SSSR count). The molecule has 1 aliphatic heterocycles. The third kappa shape index (κ3) is 6.44. The first-order chi connectivity index (χ1) is 14.1. The number of likely N-dealkylation sites (tertiary alicyclic amines) is 1. The van der Waals surface area contributed by atoms with E-state index in [0.717, 1.165) is 51.6 Å². The standard InChI is InChI=1S/C23H36N6.HI/c1-5-27(6-2)16-21-9-7-8-20(14-21)15-26-23(24-4)28-12-10-19(3)22(17-28)29-13-11-25-18-29;/h7-9,11,13-14,18-19,22H,5-6,10,12,15-17H2,1-4H3,(H,24,26);1H. The summed E-state index contributed by atoms with van der Waals surface area (Å²) in [6, 6.07) is 9.32. The van der Waals surface area contributed by atoms with Gasteiger partial charge in [0.2, 0.25) is 0 Å². The van der Waals surface area contributed by atoms with Crippen molar-refractivity contribution in [3.8, 4) is 0 Å². The molecule has 1 fully saturated rings. The van der Waals surface area contributed by atoms with Crippen molar-refractivity contribution in [3.05, 3.63) is 54.1 Å². The molecule has 1 saturated heterocycles. The molecule has 2 atom stereocenters. The summed E-state index contributed by atoms with van der Waals surface area (Å²) < 4.78 is 2.24. The van der Waals surface area contributed by atoms with Crippen molar-refractivity contribution in [3.63, 3.8) is 0 Å². The van der Waals surface area contributed by atoms with Crippen LogP contribution in [0.1, 0.15) is 44.4 Å². The van der Waals surface area contributed by atoms with Crippen LogP contribution in [0.5, 0.6) is 0 Å². The number of rotatable bonds is 7. The Hall–Kier alpha value is -1.61. The van der Waals surface area contributed by atoms with Gasteiger partial charge in [-0.25, -0.2) is 4.98 Å². The van der Waals surface area contributed by atoms with Gasteiger partial charge in [-0.05, 0) is 36.6 Å². The molecule has 1 aliphatic rings. The Morgan fingerprint density at radius 2 is 2.03 bits per heavy atom. The Labute approximate surface area is 198 Å². The highest BCUT2D eigenvalue weighted by atomic mass is 127. The number of hydrogen-bond acceptors (Lipinski definition) is 3. The zero-order valence-corrected chi connectivity index (χ0v) is 21.1. The van der Waals surface area contributed by atoms with Crippen molar-refractivity contribution in [2.24, 2.45) is 10.9 Å². The first-order valence-corrected chi connectivity index (χ1v) is 10.9. The topological polar surface area (TPSA) is 48.7 Å². The van der Waals surface area contributed by atoms with Crippen molar-refractivity contribution in [2.45, 2.75) is 46.3 Å². The summed E-state index contributed by atoms with van der Waals surface area (Å²) in [7, 11) is 1.88. The number of piperidine rings is 1. The molecule has 2 heterocycles. The molecule has 1 aromatic carbocycles. The zero-order valence-electron chi connectivity index (χ0n) is 18.8. The van der Waals surface area contributed by atoms with E-state index in [-0.39, 0.29) is 24.0 Å².